The van der Waals surface area contributed by atoms with Crippen molar-refractivity contribution in [1.29, 1.82) is 0 Å². The smallest absolute Gasteiger partial charge is 0.137 e. The first kappa shape index (κ1) is 29.5. The number of rotatable bonds is 5. The van der Waals surface area contributed by atoms with Crippen LogP contribution in [0.2, 0.25) is 0 Å². The van der Waals surface area contributed by atoms with Crippen molar-refractivity contribution in [3.8, 4) is 33.4 Å². The molecule has 0 bridgehead atoms. The molecule has 2 heteroatoms. The lowest BCUT2D eigenvalue weighted by atomic mass is 9.82. The minimum absolute atomic E-state index is 0.130. The maximum atomic E-state index is 6.58. The van der Waals surface area contributed by atoms with Gasteiger partial charge in [0.2, 0.25) is 0 Å². The zero-order valence-electron chi connectivity index (χ0n) is 28.6. The Kier molecular flexibility index (Phi) is 6.56. The second kappa shape index (κ2) is 11.3. The van der Waals surface area contributed by atoms with E-state index < -0.39 is 0 Å². The fraction of sp³-hybridized carbons (Fsp3) is 0.0612. The number of nitrogens with zero attached hydrogens (tertiary/aromatic N) is 1. The van der Waals surface area contributed by atoms with Crippen LogP contribution >= 0.6 is 0 Å². The third-order valence-electron chi connectivity index (χ3n) is 10.9. The highest BCUT2D eigenvalue weighted by molar-refractivity contribution is 6.10. The van der Waals surface area contributed by atoms with Gasteiger partial charge in [0, 0.05) is 39.2 Å². The summed E-state index contributed by atoms with van der Waals surface area (Å²) in [6, 6.07) is 63.8. The average Bonchev–Trinajstić information content (AvgIpc) is 3.66. The van der Waals surface area contributed by atoms with Gasteiger partial charge in [-0.3, -0.25) is 0 Å². The minimum atomic E-state index is -0.130. The standard InChI is InChI=1S/C49H35NO/c1-49(2)44-18-10-8-16-39(44)40-27-26-38(29-45(40)49)50(37-24-22-34(23-25-37)32-12-4-3-5-13-32)46-31-48-43(41-17-9-11-19-47(41)51-48)30-42(46)36-21-20-33-14-6-7-15-35(33)28-36/h3-31H,1-2H3. The van der Waals surface area contributed by atoms with Crippen molar-refractivity contribution in [3.63, 3.8) is 0 Å². The van der Waals surface area contributed by atoms with E-state index in [1.807, 2.05) is 6.07 Å². The molecule has 0 amide bonds. The third kappa shape index (κ3) is 4.71. The molecule has 0 saturated carbocycles. The van der Waals surface area contributed by atoms with E-state index in [1.165, 1.54) is 44.2 Å². The molecule has 0 fully saturated rings. The maximum absolute atomic E-state index is 6.58. The van der Waals surface area contributed by atoms with E-state index in [-0.39, 0.29) is 5.41 Å². The second-order valence-electron chi connectivity index (χ2n) is 14.2. The van der Waals surface area contributed by atoms with E-state index in [0.29, 0.717) is 0 Å². The fourth-order valence-electron chi connectivity index (χ4n) is 8.23. The normalized spacial score (nSPS) is 13.1. The predicted octanol–water partition coefficient (Wildman–Crippen LogP) is 13.8. The van der Waals surface area contributed by atoms with Crippen molar-refractivity contribution >= 4 is 49.8 Å². The van der Waals surface area contributed by atoms with Crippen molar-refractivity contribution in [3.05, 3.63) is 187 Å². The summed E-state index contributed by atoms with van der Waals surface area (Å²) in [5.74, 6) is 0. The zero-order chi connectivity index (χ0) is 34.1. The summed E-state index contributed by atoms with van der Waals surface area (Å²) in [4.78, 5) is 2.42. The Morgan fingerprint density at radius 2 is 1.08 bits per heavy atom. The summed E-state index contributed by atoms with van der Waals surface area (Å²) in [6.07, 6.45) is 0. The van der Waals surface area contributed by atoms with Crippen molar-refractivity contribution in [1.82, 2.24) is 0 Å². The molecule has 242 valence electrons. The number of fused-ring (bicyclic) bond motifs is 7. The molecule has 0 N–H and O–H groups in total. The van der Waals surface area contributed by atoms with E-state index in [2.05, 4.69) is 189 Å². The molecule has 0 aliphatic heterocycles. The average molecular weight is 654 g/mol. The topological polar surface area (TPSA) is 16.4 Å². The van der Waals surface area contributed by atoms with Gasteiger partial charge in [0.15, 0.2) is 0 Å². The molecular weight excluding hydrogens is 619 g/mol. The molecular formula is C49H35NO. The highest BCUT2D eigenvalue weighted by Crippen LogP contribution is 2.52. The number of para-hydroxylation sites is 1. The lowest BCUT2D eigenvalue weighted by molar-refractivity contribution is 0.660. The molecule has 1 aromatic heterocycles. The molecule has 9 aromatic rings. The molecule has 10 rings (SSSR count). The number of hydrogen-bond donors (Lipinski definition) is 0. The number of benzene rings is 8. The highest BCUT2D eigenvalue weighted by atomic mass is 16.3. The van der Waals surface area contributed by atoms with Crippen LogP contribution in [0.25, 0.3) is 66.1 Å². The van der Waals surface area contributed by atoms with Gasteiger partial charge in [0.25, 0.3) is 0 Å². The van der Waals surface area contributed by atoms with Crippen molar-refractivity contribution < 1.29 is 4.42 Å². The maximum Gasteiger partial charge on any atom is 0.137 e. The number of anilines is 3. The van der Waals surface area contributed by atoms with Gasteiger partial charge in [-0.15, -0.1) is 0 Å². The Balaban J connectivity index is 1.24. The van der Waals surface area contributed by atoms with E-state index in [4.69, 9.17) is 4.42 Å². The van der Waals surface area contributed by atoms with Gasteiger partial charge in [-0.25, -0.2) is 0 Å². The van der Waals surface area contributed by atoms with Gasteiger partial charge in [-0.1, -0.05) is 141 Å². The van der Waals surface area contributed by atoms with Crippen LogP contribution in [0.1, 0.15) is 25.0 Å². The first-order valence-corrected chi connectivity index (χ1v) is 17.7. The fourth-order valence-corrected chi connectivity index (χ4v) is 8.23. The minimum Gasteiger partial charge on any atom is -0.456 e. The summed E-state index contributed by atoms with van der Waals surface area (Å²) >= 11 is 0. The van der Waals surface area contributed by atoms with Crippen LogP contribution in [0.4, 0.5) is 17.1 Å². The highest BCUT2D eigenvalue weighted by Gasteiger charge is 2.36. The van der Waals surface area contributed by atoms with E-state index in [0.717, 1.165) is 50.1 Å². The quantitative estimate of drug-likeness (QED) is 0.184. The number of hydrogen-bond acceptors (Lipinski definition) is 2. The van der Waals surface area contributed by atoms with Crippen LogP contribution in [0.3, 0.4) is 0 Å². The largest absolute Gasteiger partial charge is 0.456 e. The molecule has 0 saturated heterocycles. The van der Waals surface area contributed by atoms with Crippen molar-refractivity contribution in [2.24, 2.45) is 0 Å². The van der Waals surface area contributed by atoms with E-state index in [1.54, 1.807) is 0 Å². The van der Waals surface area contributed by atoms with Crippen LogP contribution in [0.5, 0.6) is 0 Å². The summed E-state index contributed by atoms with van der Waals surface area (Å²) in [6.45, 7) is 4.70. The van der Waals surface area contributed by atoms with Crippen LogP contribution in [0.15, 0.2) is 180 Å². The molecule has 2 nitrogen and oxygen atoms in total. The van der Waals surface area contributed by atoms with Crippen LogP contribution in [-0.2, 0) is 5.41 Å². The molecule has 1 aliphatic carbocycles. The van der Waals surface area contributed by atoms with Crippen molar-refractivity contribution in [2.75, 3.05) is 4.90 Å². The predicted molar refractivity (Wildman–Crippen MR) is 214 cm³/mol. The monoisotopic (exact) mass is 653 g/mol. The Morgan fingerprint density at radius 3 is 1.94 bits per heavy atom. The molecule has 0 unspecified atom stereocenters. The molecule has 1 aliphatic rings. The summed E-state index contributed by atoms with van der Waals surface area (Å²) in [5.41, 5.74) is 14.9. The summed E-state index contributed by atoms with van der Waals surface area (Å²) < 4.78 is 6.58. The van der Waals surface area contributed by atoms with Gasteiger partial charge in [-0.05, 0) is 92.2 Å². The molecule has 51 heavy (non-hydrogen) atoms. The van der Waals surface area contributed by atoms with Crippen LogP contribution < -0.4 is 4.90 Å². The van der Waals surface area contributed by atoms with Gasteiger partial charge in [-0.2, -0.15) is 0 Å². The van der Waals surface area contributed by atoms with E-state index >= 15 is 0 Å². The Bertz CT molecular complexity index is 2770. The SMILES string of the molecule is CC1(C)c2ccccc2-c2ccc(N(c3ccc(-c4ccccc4)cc3)c3cc4oc5ccccc5c4cc3-c3ccc4ccccc4c3)cc21. The molecule has 0 atom stereocenters. The molecule has 1 heterocycles. The lowest BCUT2D eigenvalue weighted by Gasteiger charge is -2.30. The van der Waals surface area contributed by atoms with Gasteiger partial charge >= 0.3 is 0 Å². The van der Waals surface area contributed by atoms with Crippen LogP contribution in [-0.4, -0.2) is 0 Å². The van der Waals surface area contributed by atoms with Gasteiger partial charge < -0.3 is 9.32 Å². The second-order valence-corrected chi connectivity index (χ2v) is 14.2. The van der Waals surface area contributed by atoms with Crippen molar-refractivity contribution in [2.45, 2.75) is 19.3 Å². The van der Waals surface area contributed by atoms with E-state index in [9.17, 15) is 0 Å². The lowest BCUT2D eigenvalue weighted by Crippen LogP contribution is -2.17. The Hall–Kier alpha value is -6.38. The van der Waals surface area contributed by atoms with Crippen LogP contribution in [0, 0.1) is 0 Å². The first-order valence-electron chi connectivity index (χ1n) is 17.7. The summed E-state index contributed by atoms with van der Waals surface area (Å²) in [7, 11) is 0. The zero-order valence-corrected chi connectivity index (χ0v) is 28.6. The third-order valence-corrected chi connectivity index (χ3v) is 10.9. The number of furan rings is 1. The van der Waals surface area contributed by atoms with Gasteiger partial charge in [0.05, 0.1) is 5.69 Å². The Labute approximate surface area is 297 Å². The van der Waals surface area contributed by atoms with Gasteiger partial charge in [0.1, 0.15) is 11.2 Å². The Morgan fingerprint density at radius 1 is 0.412 bits per heavy atom. The summed E-state index contributed by atoms with van der Waals surface area (Å²) in [5, 5.41) is 4.68. The molecule has 0 radical (unpaired) electrons. The molecule has 0 spiro atoms. The first-order chi connectivity index (χ1) is 25.0. The molecule has 8 aromatic carbocycles.